The summed E-state index contributed by atoms with van der Waals surface area (Å²) in [5.41, 5.74) is 7.99. The van der Waals surface area contributed by atoms with Gasteiger partial charge in [-0.15, -0.1) is 0 Å². The van der Waals surface area contributed by atoms with Crippen molar-refractivity contribution in [3.05, 3.63) is 106 Å². The van der Waals surface area contributed by atoms with Crippen LogP contribution in [0.5, 0.6) is 5.88 Å². The van der Waals surface area contributed by atoms with Crippen LogP contribution in [0.25, 0.3) is 11.3 Å². The topological polar surface area (TPSA) is 68.2 Å². The minimum atomic E-state index is -0.369. The second-order valence-electron chi connectivity index (χ2n) is 11.7. The first-order valence-electron chi connectivity index (χ1n) is 13.8. The molecule has 1 amide bonds. The predicted molar refractivity (Wildman–Crippen MR) is 163 cm³/mol. The van der Waals surface area contributed by atoms with Gasteiger partial charge in [0.05, 0.1) is 12.2 Å². The molecular weight excluding hydrogens is 496 g/mol. The maximum Gasteiger partial charge on any atom is 0.253 e. The van der Waals surface area contributed by atoms with Crippen molar-refractivity contribution >= 4 is 5.91 Å². The highest BCUT2D eigenvalue weighted by Crippen LogP contribution is 2.28. The Kier molecular flexibility index (Phi) is 8.67. The number of pyridine rings is 1. The molecule has 0 aliphatic heterocycles. The van der Waals surface area contributed by atoms with E-state index >= 15 is 0 Å². The highest BCUT2D eigenvalue weighted by molar-refractivity contribution is 5.94. The number of ether oxygens (including phenoxy) is 1. The summed E-state index contributed by atoms with van der Waals surface area (Å²) in [6, 6.07) is 19.9. The number of rotatable bonds is 8. The minimum Gasteiger partial charge on any atom is -0.472 e. The van der Waals surface area contributed by atoms with E-state index in [1.165, 1.54) is 5.56 Å². The number of carbonyl (C=O) groups excluding carboxylic acids is 1. The summed E-state index contributed by atoms with van der Waals surface area (Å²) in [6.07, 6.45) is 2.09. The van der Waals surface area contributed by atoms with Gasteiger partial charge in [0.1, 0.15) is 11.9 Å². The van der Waals surface area contributed by atoms with Crippen LogP contribution in [0, 0.1) is 27.7 Å². The van der Waals surface area contributed by atoms with E-state index < -0.39 is 0 Å². The summed E-state index contributed by atoms with van der Waals surface area (Å²) in [4.78, 5) is 29.1. The second-order valence-corrected chi connectivity index (χ2v) is 11.7. The quantitative estimate of drug-likeness (QED) is 0.240. The third-order valence-electron chi connectivity index (χ3n) is 7.06. The van der Waals surface area contributed by atoms with Gasteiger partial charge in [0, 0.05) is 44.0 Å². The first-order chi connectivity index (χ1) is 18.9. The van der Waals surface area contributed by atoms with Crippen molar-refractivity contribution in [2.45, 2.75) is 66.4 Å². The molecule has 1 atom stereocenters. The molecule has 210 valence electrons. The zero-order valence-corrected chi connectivity index (χ0v) is 24.9. The SMILES string of the molecule is Cc1cccc(C(=O)N(C)CC(Cc2ccc(C(C)(C)C)cn2)Oc2cc(-c3c(C)cccc3C)nc(C)n2)c1.[HH]. The zero-order chi connectivity index (χ0) is 29.0. The molecule has 2 heterocycles. The highest BCUT2D eigenvalue weighted by atomic mass is 16.5. The van der Waals surface area contributed by atoms with Crippen LogP contribution in [0.4, 0.5) is 0 Å². The highest BCUT2D eigenvalue weighted by Gasteiger charge is 2.22. The monoisotopic (exact) mass is 538 g/mol. The Morgan fingerprint density at radius 3 is 2.27 bits per heavy atom. The summed E-state index contributed by atoms with van der Waals surface area (Å²) < 4.78 is 6.53. The van der Waals surface area contributed by atoms with E-state index in [1.54, 1.807) is 4.90 Å². The van der Waals surface area contributed by atoms with Crippen molar-refractivity contribution in [3.63, 3.8) is 0 Å². The largest absolute Gasteiger partial charge is 0.472 e. The zero-order valence-electron chi connectivity index (χ0n) is 24.9. The summed E-state index contributed by atoms with van der Waals surface area (Å²) in [5.74, 6) is 1.06. The Balaban J connectivity index is 0.00000462. The molecule has 0 N–H and O–H groups in total. The number of amides is 1. The van der Waals surface area contributed by atoms with Crippen LogP contribution in [0.2, 0.25) is 0 Å². The van der Waals surface area contributed by atoms with E-state index in [0.29, 0.717) is 30.2 Å². The van der Waals surface area contributed by atoms with Gasteiger partial charge in [0.15, 0.2) is 0 Å². The van der Waals surface area contributed by atoms with Gasteiger partial charge in [0.25, 0.3) is 5.91 Å². The van der Waals surface area contributed by atoms with Crippen molar-refractivity contribution in [2.75, 3.05) is 13.6 Å². The number of likely N-dealkylation sites (N-methyl/N-ethyl adjacent to an activating group) is 1. The van der Waals surface area contributed by atoms with E-state index in [4.69, 9.17) is 14.7 Å². The normalized spacial score (nSPS) is 12.2. The van der Waals surface area contributed by atoms with Gasteiger partial charge in [-0.1, -0.05) is 62.7 Å². The molecule has 4 aromatic rings. The molecule has 6 heteroatoms. The molecule has 0 aliphatic rings. The van der Waals surface area contributed by atoms with Gasteiger partial charge in [-0.25, -0.2) is 4.98 Å². The molecule has 0 saturated carbocycles. The lowest BCUT2D eigenvalue weighted by atomic mass is 9.88. The molecule has 6 nitrogen and oxygen atoms in total. The number of nitrogens with zero attached hydrogens (tertiary/aromatic N) is 4. The van der Waals surface area contributed by atoms with Crippen molar-refractivity contribution in [1.29, 1.82) is 0 Å². The van der Waals surface area contributed by atoms with Crippen molar-refractivity contribution in [2.24, 2.45) is 0 Å². The Morgan fingerprint density at radius 2 is 1.65 bits per heavy atom. The average molecular weight is 539 g/mol. The Labute approximate surface area is 240 Å². The Bertz CT molecular complexity index is 1480. The van der Waals surface area contributed by atoms with Crippen LogP contribution in [-0.4, -0.2) is 45.5 Å². The molecule has 0 radical (unpaired) electrons. The molecule has 0 spiro atoms. The average Bonchev–Trinajstić information content (AvgIpc) is 2.87. The smallest absolute Gasteiger partial charge is 0.253 e. The minimum absolute atomic E-state index is 0. The summed E-state index contributed by atoms with van der Waals surface area (Å²) in [6.45, 7) is 14.9. The lowest BCUT2D eigenvalue weighted by Gasteiger charge is -2.25. The van der Waals surface area contributed by atoms with Gasteiger partial charge < -0.3 is 9.64 Å². The molecule has 1 unspecified atom stereocenters. The Hall–Kier alpha value is -4.06. The molecule has 0 bridgehead atoms. The van der Waals surface area contributed by atoms with Crippen molar-refractivity contribution in [1.82, 2.24) is 19.9 Å². The number of hydrogen-bond acceptors (Lipinski definition) is 5. The standard InChI is InChI=1S/C34H40N4O2.H2/c1-22-11-9-14-26(17-22)33(39)38(8)21-29(18-28-16-15-27(20-35-28)34(5,6)7)40-31-19-30(36-25(4)37-31)32-23(2)12-10-13-24(32)3;/h9-17,19-20,29H,18,21H2,1-8H3;1H. The van der Waals surface area contributed by atoms with Gasteiger partial charge in [-0.05, 0) is 68.0 Å². The third kappa shape index (κ3) is 7.12. The lowest BCUT2D eigenvalue weighted by Crippen LogP contribution is -2.38. The fourth-order valence-electron chi connectivity index (χ4n) is 4.87. The molecule has 0 fully saturated rings. The van der Waals surface area contributed by atoms with Crippen LogP contribution >= 0.6 is 0 Å². The lowest BCUT2D eigenvalue weighted by molar-refractivity contribution is 0.0705. The molecule has 0 aliphatic carbocycles. The van der Waals surface area contributed by atoms with E-state index in [2.05, 4.69) is 63.9 Å². The molecule has 2 aromatic heterocycles. The molecule has 40 heavy (non-hydrogen) atoms. The van der Waals surface area contributed by atoms with Gasteiger partial charge in [0.2, 0.25) is 5.88 Å². The summed E-state index contributed by atoms with van der Waals surface area (Å²) in [7, 11) is 1.81. The van der Waals surface area contributed by atoms with Gasteiger partial charge in [-0.3, -0.25) is 9.78 Å². The van der Waals surface area contributed by atoms with Crippen LogP contribution in [0.15, 0.2) is 66.9 Å². The van der Waals surface area contributed by atoms with Crippen molar-refractivity contribution in [3.8, 4) is 17.1 Å². The maximum absolute atomic E-state index is 13.3. The number of hydrogen-bond donors (Lipinski definition) is 0. The number of aryl methyl sites for hydroxylation is 4. The summed E-state index contributed by atoms with van der Waals surface area (Å²) in [5, 5.41) is 0. The van der Waals surface area contributed by atoms with Crippen molar-refractivity contribution < 1.29 is 11.0 Å². The first-order valence-corrected chi connectivity index (χ1v) is 13.8. The molecule has 2 aromatic carbocycles. The Morgan fingerprint density at radius 1 is 0.950 bits per heavy atom. The van der Waals surface area contributed by atoms with E-state index in [0.717, 1.165) is 33.6 Å². The number of aromatic nitrogens is 3. The number of benzene rings is 2. The molecular formula is C34H42N4O2. The maximum atomic E-state index is 13.3. The fraction of sp³-hybridized carbons (Fsp3) is 0.353. The van der Waals surface area contributed by atoms with E-state index in [1.807, 2.05) is 63.5 Å². The molecule has 0 saturated heterocycles. The van der Waals surface area contributed by atoms with Crippen LogP contribution in [0.3, 0.4) is 0 Å². The first kappa shape index (κ1) is 28.9. The van der Waals surface area contributed by atoms with Gasteiger partial charge >= 0.3 is 0 Å². The summed E-state index contributed by atoms with van der Waals surface area (Å²) >= 11 is 0. The number of carbonyl (C=O) groups is 1. The second kappa shape index (κ2) is 12.0. The fourth-order valence-corrected chi connectivity index (χ4v) is 4.87. The van der Waals surface area contributed by atoms with Gasteiger partial charge in [-0.2, -0.15) is 4.98 Å². The van der Waals surface area contributed by atoms with E-state index in [-0.39, 0.29) is 18.9 Å². The van der Waals surface area contributed by atoms with E-state index in [9.17, 15) is 4.79 Å². The molecule has 4 rings (SSSR count). The predicted octanol–water partition coefficient (Wildman–Crippen LogP) is 7.08. The third-order valence-corrected chi connectivity index (χ3v) is 7.06. The van der Waals surface area contributed by atoms with Crippen LogP contribution in [-0.2, 0) is 11.8 Å². The van der Waals surface area contributed by atoms with Crippen LogP contribution < -0.4 is 4.74 Å². The van der Waals surface area contributed by atoms with Crippen LogP contribution in [0.1, 0.15) is 66.3 Å².